The fraction of sp³-hybridized carbons (Fsp3) is 0.273. The van der Waals surface area contributed by atoms with Gasteiger partial charge in [0.05, 0.1) is 6.54 Å². The largest absolute Gasteiger partial charge is 0.337 e. The smallest absolute Gasteiger partial charge is 0.321 e. The van der Waals surface area contributed by atoms with Gasteiger partial charge in [-0.25, -0.2) is 14.5 Å². The van der Waals surface area contributed by atoms with E-state index in [2.05, 4.69) is 15.4 Å². The van der Waals surface area contributed by atoms with Crippen molar-refractivity contribution in [3.63, 3.8) is 0 Å². The number of carbonyl (C=O) groups is 2. The van der Waals surface area contributed by atoms with Gasteiger partial charge in [-0.3, -0.25) is 4.79 Å². The van der Waals surface area contributed by atoms with Crippen LogP contribution in [0.3, 0.4) is 0 Å². The summed E-state index contributed by atoms with van der Waals surface area (Å²) in [6, 6.07) is 14.4. The number of hydrogen-bond donors (Lipinski definition) is 1. The molecule has 3 aromatic rings. The van der Waals surface area contributed by atoms with Crippen molar-refractivity contribution in [2.24, 2.45) is 0 Å². The summed E-state index contributed by atoms with van der Waals surface area (Å²) in [5.41, 5.74) is 2.33. The van der Waals surface area contributed by atoms with Crippen LogP contribution in [0, 0.1) is 0 Å². The number of benzene rings is 2. The van der Waals surface area contributed by atoms with E-state index in [1.807, 2.05) is 24.3 Å². The molecule has 0 bridgehead atoms. The van der Waals surface area contributed by atoms with E-state index in [9.17, 15) is 9.59 Å². The van der Waals surface area contributed by atoms with E-state index in [0.717, 1.165) is 12.0 Å². The number of rotatable bonds is 4. The first kappa shape index (κ1) is 20.9. The van der Waals surface area contributed by atoms with Crippen molar-refractivity contribution >= 4 is 29.2 Å². The van der Waals surface area contributed by atoms with Crippen molar-refractivity contribution in [2.45, 2.75) is 13.0 Å². The zero-order valence-electron chi connectivity index (χ0n) is 16.9. The zero-order chi connectivity index (χ0) is 21.6. The molecule has 1 N–H and O–H groups in total. The van der Waals surface area contributed by atoms with E-state index in [1.165, 1.54) is 6.33 Å². The number of hydrogen-bond acceptors (Lipinski definition) is 4. The zero-order valence-corrected chi connectivity index (χ0v) is 17.7. The molecule has 4 rings (SSSR count). The van der Waals surface area contributed by atoms with Crippen LogP contribution in [0.5, 0.6) is 0 Å². The Morgan fingerprint density at radius 1 is 1.00 bits per heavy atom. The first-order valence-corrected chi connectivity index (χ1v) is 10.5. The standard InChI is InChI=1S/C22H23ClN6O2/c23-19-3-1-4-20(13-19)26-22(31)28-10-2-9-27(11-12-28)21(30)18-7-5-17(6-8-18)14-29-16-24-15-25-29/h1,3-8,13,15-16H,2,9-12,14H2,(H,26,31). The van der Waals surface area contributed by atoms with Gasteiger partial charge in [-0.2, -0.15) is 5.10 Å². The van der Waals surface area contributed by atoms with Gasteiger partial charge in [0, 0.05) is 42.5 Å². The van der Waals surface area contributed by atoms with Gasteiger partial charge in [-0.05, 0) is 42.3 Å². The van der Waals surface area contributed by atoms with E-state index in [0.29, 0.717) is 49.0 Å². The van der Waals surface area contributed by atoms with Crippen LogP contribution < -0.4 is 5.32 Å². The Morgan fingerprint density at radius 3 is 2.52 bits per heavy atom. The van der Waals surface area contributed by atoms with Crippen LogP contribution in [0.2, 0.25) is 5.02 Å². The molecule has 0 atom stereocenters. The lowest BCUT2D eigenvalue weighted by molar-refractivity contribution is 0.0762. The Labute approximate surface area is 185 Å². The van der Waals surface area contributed by atoms with Crippen molar-refractivity contribution < 1.29 is 9.59 Å². The van der Waals surface area contributed by atoms with Gasteiger partial charge in [0.15, 0.2) is 0 Å². The summed E-state index contributed by atoms with van der Waals surface area (Å²) in [6.45, 7) is 2.77. The predicted molar refractivity (Wildman–Crippen MR) is 118 cm³/mol. The average Bonchev–Trinajstić information content (AvgIpc) is 3.15. The van der Waals surface area contributed by atoms with Crippen molar-refractivity contribution in [2.75, 3.05) is 31.5 Å². The molecule has 160 valence electrons. The van der Waals surface area contributed by atoms with Crippen LogP contribution in [0.1, 0.15) is 22.3 Å². The predicted octanol–water partition coefficient (Wildman–Crippen LogP) is 3.36. The summed E-state index contributed by atoms with van der Waals surface area (Å²) in [7, 11) is 0. The third-order valence-electron chi connectivity index (χ3n) is 5.16. The Bertz CT molecular complexity index is 1040. The van der Waals surface area contributed by atoms with Crippen LogP contribution in [0.15, 0.2) is 61.2 Å². The Balaban J connectivity index is 1.33. The molecule has 0 spiro atoms. The van der Waals surface area contributed by atoms with Crippen LogP contribution in [-0.4, -0.2) is 62.7 Å². The van der Waals surface area contributed by atoms with E-state index < -0.39 is 0 Å². The molecule has 0 unspecified atom stereocenters. The summed E-state index contributed by atoms with van der Waals surface area (Å²) in [5, 5.41) is 7.53. The van der Waals surface area contributed by atoms with Gasteiger partial charge >= 0.3 is 6.03 Å². The third-order valence-corrected chi connectivity index (χ3v) is 5.39. The van der Waals surface area contributed by atoms with Gasteiger partial charge in [0.2, 0.25) is 0 Å². The highest BCUT2D eigenvalue weighted by atomic mass is 35.5. The van der Waals surface area contributed by atoms with E-state index in [1.54, 1.807) is 45.1 Å². The second kappa shape index (κ2) is 9.61. The van der Waals surface area contributed by atoms with Crippen LogP contribution in [-0.2, 0) is 6.54 Å². The molecule has 1 aromatic heterocycles. The van der Waals surface area contributed by atoms with Gasteiger partial charge < -0.3 is 15.1 Å². The van der Waals surface area contributed by atoms with E-state index >= 15 is 0 Å². The maximum absolute atomic E-state index is 13.0. The maximum atomic E-state index is 13.0. The molecule has 0 aliphatic carbocycles. The highest BCUT2D eigenvalue weighted by Gasteiger charge is 2.23. The van der Waals surface area contributed by atoms with Crippen molar-refractivity contribution in [1.29, 1.82) is 0 Å². The molecular weight excluding hydrogens is 416 g/mol. The summed E-state index contributed by atoms with van der Waals surface area (Å²) >= 11 is 5.98. The molecule has 31 heavy (non-hydrogen) atoms. The van der Waals surface area contributed by atoms with Crippen molar-refractivity contribution in [1.82, 2.24) is 24.6 Å². The second-order valence-electron chi connectivity index (χ2n) is 7.36. The Hall–Kier alpha value is -3.39. The molecule has 2 aromatic carbocycles. The molecule has 0 radical (unpaired) electrons. The quantitative estimate of drug-likeness (QED) is 0.677. The number of anilines is 1. The lowest BCUT2D eigenvalue weighted by Gasteiger charge is -2.22. The first-order chi connectivity index (χ1) is 15.1. The molecule has 1 saturated heterocycles. The minimum Gasteiger partial charge on any atom is -0.337 e. The summed E-state index contributed by atoms with van der Waals surface area (Å²) in [4.78, 5) is 33.0. The molecule has 3 amide bonds. The molecule has 8 nitrogen and oxygen atoms in total. The van der Waals surface area contributed by atoms with Crippen molar-refractivity contribution in [3.05, 3.63) is 77.3 Å². The van der Waals surface area contributed by atoms with Crippen LogP contribution in [0.4, 0.5) is 10.5 Å². The number of nitrogens with zero attached hydrogens (tertiary/aromatic N) is 5. The molecular formula is C22H23ClN6O2. The highest BCUT2D eigenvalue weighted by Crippen LogP contribution is 2.16. The maximum Gasteiger partial charge on any atom is 0.321 e. The lowest BCUT2D eigenvalue weighted by atomic mass is 10.1. The molecule has 1 fully saturated rings. The van der Waals surface area contributed by atoms with Crippen LogP contribution in [0.25, 0.3) is 0 Å². The third kappa shape index (κ3) is 5.40. The van der Waals surface area contributed by atoms with Gasteiger partial charge in [0.25, 0.3) is 5.91 Å². The highest BCUT2D eigenvalue weighted by molar-refractivity contribution is 6.30. The monoisotopic (exact) mass is 438 g/mol. The average molecular weight is 439 g/mol. The SMILES string of the molecule is O=C(Nc1cccc(Cl)c1)N1CCCN(C(=O)c2ccc(Cn3cncn3)cc2)CC1. The topological polar surface area (TPSA) is 83.4 Å². The minimum absolute atomic E-state index is 0.0237. The normalized spacial score (nSPS) is 14.2. The van der Waals surface area contributed by atoms with Crippen molar-refractivity contribution in [3.8, 4) is 0 Å². The van der Waals surface area contributed by atoms with E-state index in [4.69, 9.17) is 11.6 Å². The van der Waals surface area contributed by atoms with Crippen LogP contribution >= 0.6 is 11.6 Å². The molecule has 1 aliphatic heterocycles. The molecule has 1 aliphatic rings. The number of halogens is 1. The minimum atomic E-state index is -0.186. The summed E-state index contributed by atoms with van der Waals surface area (Å²) < 4.78 is 1.73. The second-order valence-corrected chi connectivity index (χ2v) is 7.80. The number of carbonyl (C=O) groups excluding carboxylic acids is 2. The number of nitrogens with one attached hydrogen (secondary N) is 1. The molecule has 9 heteroatoms. The summed E-state index contributed by atoms with van der Waals surface area (Å²) in [5.74, 6) is -0.0237. The van der Waals surface area contributed by atoms with Gasteiger partial charge in [0.1, 0.15) is 12.7 Å². The van der Waals surface area contributed by atoms with Gasteiger partial charge in [-0.1, -0.05) is 29.8 Å². The molecule has 0 saturated carbocycles. The van der Waals surface area contributed by atoms with E-state index in [-0.39, 0.29) is 11.9 Å². The number of urea groups is 1. The fourth-order valence-electron chi connectivity index (χ4n) is 3.53. The number of amides is 3. The Morgan fingerprint density at radius 2 is 1.77 bits per heavy atom. The summed E-state index contributed by atoms with van der Waals surface area (Å²) in [6.07, 6.45) is 3.87. The fourth-order valence-corrected chi connectivity index (χ4v) is 3.72. The first-order valence-electron chi connectivity index (χ1n) is 10.1. The number of aromatic nitrogens is 3. The molecule has 2 heterocycles. The Kier molecular flexibility index (Phi) is 6.47. The van der Waals surface area contributed by atoms with Gasteiger partial charge in [-0.15, -0.1) is 0 Å². The lowest BCUT2D eigenvalue weighted by Crippen LogP contribution is -2.39.